The van der Waals surface area contributed by atoms with Gasteiger partial charge in [-0.3, -0.25) is 4.90 Å². The van der Waals surface area contributed by atoms with Gasteiger partial charge in [-0.15, -0.1) is 0 Å². The molecule has 2 rings (SSSR count). The highest BCUT2D eigenvalue weighted by atomic mass is 16.5. The molecule has 1 unspecified atom stereocenters. The van der Waals surface area contributed by atoms with Crippen LogP contribution in [0.15, 0.2) is 0 Å². The Kier molecular flexibility index (Phi) is 4.59. The summed E-state index contributed by atoms with van der Waals surface area (Å²) in [5.74, 6) is -0.0593. The molecule has 2 fully saturated rings. The van der Waals surface area contributed by atoms with Crippen LogP contribution in [0, 0.1) is 0 Å². The summed E-state index contributed by atoms with van der Waals surface area (Å²) in [7, 11) is 3.60. The molecule has 2 aliphatic heterocycles. The summed E-state index contributed by atoms with van der Waals surface area (Å²) in [6.45, 7) is 5.79. The third-order valence-corrected chi connectivity index (χ3v) is 4.17. The predicted octanol–water partition coefficient (Wildman–Crippen LogP) is -0.0809. The molecule has 1 N–H and O–H groups in total. The second-order valence-corrected chi connectivity index (χ2v) is 5.46. The lowest BCUT2D eigenvalue weighted by atomic mass is 9.87. The molecule has 0 spiro atoms. The minimum Gasteiger partial charge on any atom is -0.468 e. The minimum absolute atomic E-state index is 0.0593. The molecule has 0 bridgehead atoms. The van der Waals surface area contributed by atoms with Crippen LogP contribution in [-0.4, -0.2) is 74.7 Å². The molecule has 2 heterocycles. The number of hydrogen-bond acceptors (Lipinski definition) is 5. The molecule has 0 aliphatic carbocycles. The molecule has 0 aromatic rings. The summed E-state index contributed by atoms with van der Waals surface area (Å²) in [5.41, 5.74) is -0.423. The van der Waals surface area contributed by atoms with E-state index in [0.717, 1.165) is 58.5 Å². The maximum Gasteiger partial charge on any atom is 0.327 e. The van der Waals surface area contributed by atoms with Crippen LogP contribution in [0.1, 0.15) is 19.3 Å². The number of hydrogen-bond donors (Lipinski definition) is 1. The van der Waals surface area contributed by atoms with Gasteiger partial charge in [0.05, 0.1) is 7.11 Å². The van der Waals surface area contributed by atoms with Gasteiger partial charge in [0.25, 0.3) is 0 Å². The van der Waals surface area contributed by atoms with Gasteiger partial charge >= 0.3 is 5.97 Å². The molecule has 18 heavy (non-hydrogen) atoms. The molecule has 2 aliphatic rings. The molecule has 0 amide bonds. The largest absolute Gasteiger partial charge is 0.468 e. The van der Waals surface area contributed by atoms with Gasteiger partial charge < -0.3 is 15.0 Å². The van der Waals surface area contributed by atoms with Crippen molar-refractivity contribution >= 4 is 5.97 Å². The number of rotatable bonds is 2. The van der Waals surface area contributed by atoms with E-state index < -0.39 is 5.54 Å². The van der Waals surface area contributed by atoms with Gasteiger partial charge in [0, 0.05) is 26.2 Å². The van der Waals surface area contributed by atoms with E-state index in [1.54, 1.807) is 0 Å². The number of carbonyl (C=O) groups is 1. The quantitative estimate of drug-likeness (QED) is 0.699. The van der Waals surface area contributed by atoms with Crippen molar-refractivity contribution in [1.82, 2.24) is 15.1 Å². The van der Waals surface area contributed by atoms with Gasteiger partial charge in [-0.1, -0.05) is 0 Å². The molecule has 1 atom stereocenters. The summed E-state index contributed by atoms with van der Waals surface area (Å²) >= 11 is 0. The van der Waals surface area contributed by atoms with E-state index in [1.807, 2.05) is 0 Å². The maximum absolute atomic E-state index is 12.3. The van der Waals surface area contributed by atoms with E-state index in [2.05, 4.69) is 22.2 Å². The van der Waals surface area contributed by atoms with E-state index in [9.17, 15) is 4.79 Å². The second-order valence-electron chi connectivity index (χ2n) is 5.46. The Bertz CT molecular complexity index is 290. The van der Waals surface area contributed by atoms with Crippen LogP contribution < -0.4 is 5.32 Å². The number of likely N-dealkylation sites (tertiary alicyclic amines) is 1. The van der Waals surface area contributed by atoms with Gasteiger partial charge in [-0.25, -0.2) is 4.79 Å². The van der Waals surface area contributed by atoms with Crippen molar-refractivity contribution in [1.29, 1.82) is 0 Å². The summed E-state index contributed by atoms with van der Waals surface area (Å²) in [6.07, 6.45) is 3.09. The van der Waals surface area contributed by atoms with Gasteiger partial charge in [-0.05, 0) is 39.4 Å². The number of ether oxygens (including phenoxy) is 1. The van der Waals surface area contributed by atoms with Crippen molar-refractivity contribution in [2.75, 3.05) is 53.4 Å². The molecule has 0 aromatic carbocycles. The van der Waals surface area contributed by atoms with Crippen LogP contribution in [0.3, 0.4) is 0 Å². The molecule has 5 nitrogen and oxygen atoms in total. The Morgan fingerprint density at radius 3 is 2.78 bits per heavy atom. The fourth-order valence-corrected chi connectivity index (χ4v) is 3.26. The summed E-state index contributed by atoms with van der Waals surface area (Å²) in [4.78, 5) is 16.9. The maximum atomic E-state index is 12.3. The monoisotopic (exact) mass is 255 g/mol. The highest BCUT2D eigenvalue weighted by molar-refractivity contribution is 5.81. The molecular weight excluding hydrogens is 230 g/mol. The van der Waals surface area contributed by atoms with E-state index in [-0.39, 0.29) is 5.97 Å². The van der Waals surface area contributed by atoms with Gasteiger partial charge in [0.15, 0.2) is 0 Å². The Balaban J connectivity index is 2.19. The molecule has 2 saturated heterocycles. The normalized spacial score (nSPS) is 31.9. The van der Waals surface area contributed by atoms with Crippen LogP contribution >= 0.6 is 0 Å². The first kappa shape index (κ1) is 13.8. The fourth-order valence-electron chi connectivity index (χ4n) is 3.26. The van der Waals surface area contributed by atoms with E-state index in [1.165, 1.54) is 7.11 Å². The Labute approximate surface area is 109 Å². The number of esters is 1. The molecule has 5 heteroatoms. The van der Waals surface area contributed by atoms with E-state index in [0.29, 0.717) is 0 Å². The minimum atomic E-state index is -0.423. The molecule has 0 radical (unpaired) electrons. The zero-order valence-corrected chi connectivity index (χ0v) is 11.6. The topological polar surface area (TPSA) is 44.8 Å². The first-order valence-electron chi connectivity index (χ1n) is 6.92. The highest BCUT2D eigenvalue weighted by Crippen LogP contribution is 2.29. The first-order chi connectivity index (χ1) is 8.69. The Hall–Kier alpha value is -0.650. The van der Waals surface area contributed by atoms with Crippen molar-refractivity contribution in [2.45, 2.75) is 24.8 Å². The van der Waals surface area contributed by atoms with Crippen LogP contribution in [0.5, 0.6) is 0 Å². The van der Waals surface area contributed by atoms with Crippen LogP contribution in [0.2, 0.25) is 0 Å². The van der Waals surface area contributed by atoms with Gasteiger partial charge in [-0.2, -0.15) is 0 Å². The standard InChI is InChI=1S/C13H25N3O2/c1-15-8-3-5-13(11-15,12(17)18-2)16-9-4-6-14-7-10-16/h14H,3-11H2,1-2H3. The summed E-state index contributed by atoms with van der Waals surface area (Å²) in [5, 5.41) is 3.39. The average molecular weight is 255 g/mol. The van der Waals surface area contributed by atoms with Crippen molar-refractivity contribution < 1.29 is 9.53 Å². The zero-order valence-electron chi connectivity index (χ0n) is 11.6. The number of carbonyl (C=O) groups excluding carboxylic acids is 1. The SMILES string of the molecule is COC(=O)C1(N2CCCNCC2)CCCN(C)C1. The zero-order chi connectivity index (χ0) is 13.0. The lowest BCUT2D eigenvalue weighted by Gasteiger charge is -2.46. The van der Waals surface area contributed by atoms with Crippen LogP contribution in [0.4, 0.5) is 0 Å². The van der Waals surface area contributed by atoms with Gasteiger partial charge in [0.2, 0.25) is 0 Å². The second kappa shape index (κ2) is 5.99. The van der Waals surface area contributed by atoms with Crippen molar-refractivity contribution in [3.8, 4) is 0 Å². The number of nitrogens with one attached hydrogen (secondary N) is 1. The lowest BCUT2D eigenvalue weighted by Crippen LogP contribution is -2.63. The molecule has 0 aromatic heterocycles. The number of piperidine rings is 1. The first-order valence-corrected chi connectivity index (χ1v) is 6.92. The van der Waals surface area contributed by atoms with Crippen molar-refractivity contribution in [3.63, 3.8) is 0 Å². The predicted molar refractivity (Wildman–Crippen MR) is 70.5 cm³/mol. The number of nitrogens with zero attached hydrogens (tertiary/aromatic N) is 2. The van der Waals surface area contributed by atoms with Crippen LogP contribution in [0.25, 0.3) is 0 Å². The molecule has 104 valence electrons. The molecule has 0 saturated carbocycles. The van der Waals surface area contributed by atoms with Gasteiger partial charge in [0.1, 0.15) is 5.54 Å². The van der Waals surface area contributed by atoms with Crippen LogP contribution in [-0.2, 0) is 9.53 Å². The number of likely N-dealkylation sites (N-methyl/N-ethyl adjacent to an activating group) is 1. The lowest BCUT2D eigenvalue weighted by molar-refractivity contribution is -0.159. The number of methoxy groups -OCH3 is 1. The van der Waals surface area contributed by atoms with E-state index >= 15 is 0 Å². The Morgan fingerprint density at radius 2 is 2.06 bits per heavy atom. The summed E-state index contributed by atoms with van der Waals surface area (Å²) in [6, 6.07) is 0. The third kappa shape index (κ3) is 2.68. The van der Waals surface area contributed by atoms with E-state index in [4.69, 9.17) is 4.74 Å². The smallest absolute Gasteiger partial charge is 0.327 e. The third-order valence-electron chi connectivity index (χ3n) is 4.17. The highest BCUT2D eigenvalue weighted by Gasteiger charge is 2.47. The molecular formula is C13H25N3O2. The Morgan fingerprint density at radius 1 is 1.22 bits per heavy atom. The summed E-state index contributed by atoms with van der Waals surface area (Å²) < 4.78 is 5.11. The van der Waals surface area contributed by atoms with Crippen molar-refractivity contribution in [3.05, 3.63) is 0 Å². The van der Waals surface area contributed by atoms with Crippen molar-refractivity contribution in [2.24, 2.45) is 0 Å². The average Bonchev–Trinajstić information content (AvgIpc) is 2.66. The fraction of sp³-hybridized carbons (Fsp3) is 0.923.